The first-order chi connectivity index (χ1) is 14.3. The van der Waals surface area contributed by atoms with Crippen LogP contribution in [-0.4, -0.2) is 48.1 Å². The molecule has 3 rings (SSSR count). The van der Waals surface area contributed by atoms with Crippen LogP contribution < -0.4 is 5.32 Å². The Morgan fingerprint density at radius 1 is 1.07 bits per heavy atom. The maximum atomic E-state index is 13.4. The Morgan fingerprint density at radius 2 is 1.53 bits per heavy atom. The second kappa shape index (κ2) is 9.53. The molecule has 0 saturated carbocycles. The number of nitrogens with zero attached hydrogens (tertiary/aromatic N) is 1. The minimum absolute atomic E-state index is 0.231. The molecular formula is C23H28F2N2O3. The zero-order valence-corrected chi connectivity index (χ0v) is 17.3. The normalized spacial score (nSPS) is 17.5. The Hall–Kier alpha value is -2.51. The van der Waals surface area contributed by atoms with E-state index in [0.717, 1.165) is 11.1 Å². The summed E-state index contributed by atoms with van der Waals surface area (Å²) in [7, 11) is 0. The highest BCUT2D eigenvalue weighted by Crippen LogP contribution is 2.35. The van der Waals surface area contributed by atoms with Gasteiger partial charge >= 0.3 is 6.09 Å². The maximum Gasteiger partial charge on any atom is 0.412 e. The predicted molar refractivity (Wildman–Crippen MR) is 110 cm³/mol. The van der Waals surface area contributed by atoms with Gasteiger partial charge in [-0.15, -0.1) is 0 Å². The van der Waals surface area contributed by atoms with E-state index in [1.165, 1.54) is 31.2 Å². The molecule has 0 aromatic heterocycles. The first-order valence-corrected chi connectivity index (χ1v) is 10.2. The van der Waals surface area contributed by atoms with Crippen LogP contribution in [0, 0.1) is 17.6 Å². The number of hydrogen-bond donors (Lipinski definition) is 2. The highest BCUT2D eigenvalue weighted by molar-refractivity contribution is 5.68. The smallest absolute Gasteiger partial charge is 0.412 e. The summed E-state index contributed by atoms with van der Waals surface area (Å²) in [5.41, 5.74) is 1.66. The van der Waals surface area contributed by atoms with Crippen molar-refractivity contribution in [2.24, 2.45) is 5.92 Å². The van der Waals surface area contributed by atoms with Crippen LogP contribution >= 0.6 is 0 Å². The molecule has 0 radical (unpaired) electrons. The van der Waals surface area contributed by atoms with Gasteiger partial charge in [-0.05, 0) is 41.8 Å². The van der Waals surface area contributed by atoms with Crippen molar-refractivity contribution >= 4 is 6.09 Å². The lowest BCUT2D eigenvalue weighted by Gasteiger charge is -2.35. The predicted octanol–water partition coefficient (Wildman–Crippen LogP) is 3.87. The average molecular weight is 418 g/mol. The summed E-state index contributed by atoms with van der Waals surface area (Å²) in [6, 6.07) is 12.2. The zero-order chi connectivity index (χ0) is 21.7. The van der Waals surface area contributed by atoms with Crippen molar-refractivity contribution in [2.75, 3.05) is 26.2 Å². The topological polar surface area (TPSA) is 61.8 Å². The molecule has 1 fully saturated rings. The van der Waals surface area contributed by atoms with Crippen LogP contribution in [0.3, 0.4) is 0 Å². The third-order valence-corrected chi connectivity index (χ3v) is 5.72. The molecule has 2 aromatic rings. The second-order valence-electron chi connectivity index (χ2n) is 7.95. The minimum Gasteiger partial charge on any atom is -0.417 e. The maximum absolute atomic E-state index is 13.4. The lowest BCUT2D eigenvalue weighted by molar-refractivity contribution is -0.189. The van der Waals surface area contributed by atoms with E-state index in [2.05, 4.69) is 5.32 Å². The largest absolute Gasteiger partial charge is 0.417 e. The zero-order valence-electron chi connectivity index (χ0n) is 17.3. The number of rotatable bonds is 6. The summed E-state index contributed by atoms with van der Waals surface area (Å²) in [4.78, 5) is 14.0. The van der Waals surface area contributed by atoms with Crippen molar-refractivity contribution < 1.29 is 23.4 Å². The van der Waals surface area contributed by atoms with E-state index in [0.29, 0.717) is 32.6 Å². The Bertz CT molecular complexity index is 789. The molecule has 30 heavy (non-hydrogen) atoms. The van der Waals surface area contributed by atoms with Crippen LogP contribution in [0.25, 0.3) is 0 Å². The average Bonchev–Trinajstić information content (AvgIpc) is 2.73. The molecule has 1 heterocycles. The highest BCUT2D eigenvalue weighted by Gasteiger charge is 2.36. The van der Waals surface area contributed by atoms with E-state index >= 15 is 0 Å². The highest BCUT2D eigenvalue weighted by atomic mass is 19.1. The van der Waals surface area contributed by atoms with Gasteiger partial charge in [0.2, 0.25) is 5.79 Å². The number of aliphatic hydroxyl groups is 1. The summed E-state index contributed by atoms with van der Waals surface area (Å²) >= 11 is 0. The SMILES string of the molecule is CC(CC(c1ccc(F)cc1)c1ccc(F)cc1)C(C)(O)OC(=O)N1CCNCC1. The van der Waals surface area contributed by atoms with Gasteiger partial charge in [-0.1, -0.05) is 31.2 Å². The van der Waals surface area contributed by atoms with Gasteiger partial charge in [0.05, 0.1) is 0 Å². The third kappa shape index (κ3) is 5.55. The molecule has 1 aliphatic heterocycles. The lowest BCUT2D eigenvalue weighted by atomic mass is 9.81. The minimum atomic E-state index is -1.69. The van der Waals surface area contributed by atoms with Crippen molar-refractivity contribution in [3.8, 4) is 0 Å². The summed E-state index contributed by atoms with van der Waals surface area (Å²) in [6.45, 7) is 5.69. The molecule has 2 N–H and O–H groups in total. The molecule has 2 atom stereocenters. The monoisotopic (exact) mass is 418 g/mol. The number of benzene rings is 2. The van der Waals surface area contributed by atoms with Gasteiger partial charge < -0.3 is 20.1 Å². The van der Waals surface area contributed by atoms with Gasteiger partial charge in [0.25, 0.3) is 0 Å². The van der Waals surface area contributed by atoms with Crippen LogP contribution in [0.4, 0.5) is 13.6 Å². The van der Waals surface area contributed by atoms with Gasteiger partial charge in [-0.25, -0.2) is 13.6 Å². The van der Waals surface area contributed by atoms with Crippen LogP contribution in [0.2, 0.25) is 0 Å². The standard InChI is InChI=1S/C23H28F2N2O3/c1-16(23(2,29)30-22(28)27-13-11-26-12-14-27)15-21(17-3-7-19(24)8-4-17)18-5-9-20(25)10-6-18/h3-10,16,21,26,29H,11-15H2,1-2H3. The molecular weight excluding hydrogens is 390 g/mol. The van der Waals surface area contributed by atoms with Crippen molar-refractivity contribution in [2.45, 2.75) is 32.0 Å². The number of carbonyl (C=O) groups excluding carboxylic acids is 1. The molecule has 7 heteroatoms. The molecule has 2 aromatic carbocycles. The van der Waals surface area contributed by atoms with E-state index in [1.807, 2.05) is 0 Å². The Balaban J connectivity index is 1.77. The van der Waals surface area contributed by atoms with Gasteiger partial charge in [-0.3, -0.25) is 0 Å². The molecule has 0 bridgehead atoms. The molecule has 1 aliphatic rings. The van der Waals surface area contributed by atoms with E-state index in [1.54, 1.807) is 36.1 Å². The van der Waals surface area contributed by atoms with Crippen LogP contribution in [0.1, 0.15) is 37.3 Å². The van der Waals surface area contributed by atoms with Crippen LogP contribution in [0.5, 0.6) is 0 Å². The van der Waals surface area contributed by atoms with Crippen LogP contribution in [0.15, 0.2) is 48.5 Å². The molecule has 1 saturated heterocycles. The fourth-order valence-corrected chi connectivity index (χ4v) is 3.62. The number of ether oxygens (including phenoxy) is 1. The lowest BCUT2D eigenvalue weighted by Crippen LogP contribution is -2.50. The van der Waals surface area contributed by atoms with Crippen molar-refractivity contribution in [3.63, 3.8) is 0 Å². The molecule has 0 spiro atoms. The fraction of sp³-hybridized carbons (Fsp3) is 0.435. The second-order valence-corrected chi connectivity index (χ2v) is 7.95. The van der Waals surface area contributed by atoms with E-state index < -0.39 is 17.8 Å². The first-order valence-electron chi connectivity index (χ1n) is 10.2. The number of hydrogen-bond acceptors (Lipinski definition) is 4. The fourth-order valence-electron chi connectivity index (χ4n) is 3.62. The molecule has 1 amide bonds. The summed E-state index contributed by atoms with van der Waals surface area (Å²) in [5.74, 6) is -3.06. The van der Waals surface area contributed by atoms with Crippen molar-refractivity contribution in [1.82, 2.24) is 10.2 Å². The molecule has 0 aliphatic carbocycles. The quantitative estimate of drug-likeness (QED) is 0.699. The summed E-state index contributed by atoms with van der Waals surface area (Å²) in [5, 5.41) is 14.1. The molecule has 5 nitrogen and oxygen atoms in total. The number of amides is 1. The number of nitrogens with one attached hydrogen (secondary N) is 1. The Kier molecular flexibility index (Phi) is 7.05. The molecule has 2 unspecified atom stereocenters. The summed E-state index contributed by atoms with van der Waals surface area (Å²) in [6.07, 6.45) is -0.132. The van der Waals surface area contributed by atoms with E-state index in [9.17, 15) is 18.7 Å². The van der Waals surface area contributed by atoms with Crippen molar-refractivity contribution in [1.29, 1.82) is 0 Å². The van der Waals surface area contributed by atoms with Gasteiger partial charge in [0.15, 0.2) is 0 Å². The van der Waals surface area contributed by atoms with Gasteiger partial charge in [0.1, 0.15) is 11.6 Å². The van der Waals surface area contributed by atoms with E-state index in [4.69, 9.17) is 4.74 Å². The van der Waals surface area contributed by atoms with Crippen molar-refractivity contribution in [3.05, 3.63) is 71.3 Å². The number of carbonyl (C=O) groups is 1. The third-order valence-electron chi connectivity index (χ3n) is 5.72. The molecule has 162 valence electrons. The Labute approximate surface area is 175 Å². The van der Waals surface area contributed by atoms with Crippen LogP contribution in [-0.2, 0) is 4.74 Å². The summed E-state index contributed by atoms with van der Waals surface area (Å²) < 4.78 is 32.3. The number of halogens is 2. The Morgan fingerprint density at radius 3 is 2.00 bits per heavy atom. The number of piperazine rings is 1. The van der Waals surface area contributed by atoms with E-state index in [-0.39, 0.29) is 17.6 Å². The first kappa shape index (κ1) is 22.2. The van der Waals surface area contributed by atoms with Gasteiger partial charge in [-0.2, -0.15) is 0 Å². The van der Waals surface area contributed by atoms with Gasteiger partial charge in [0, 0.05) is 44.9 Å².